The van der Waals surface area contributed by atoms with Gasteiger partial charge in [0, 0.05) is 6.42 Å². The molecule has 0 radical (unpaired) electrons. The summed E-state index contributed by atoms with van der Waals surface area (Å²) in [7, 11) is 0. The summed E-state index contributed by atoms with van der Waals surface area (Å²) in [6.45, 7) is 3.59. The topological polar surface area (TPSA) is 66.4 Å². The highest BCUT2D eigenvalue weighted by atomic mass is 16.4. The summed E-state index contributed by atoms with van der Waals surface area (Å²) in [4.78, 5) is 22.2. The van der Waals surface area contributed by atoms with Crippen molar-refractivity contribution >= 4 is 11.9 Å². The Labute approximate surface area is 103 Å². The van der Waals surface area contributed by atoms with E-state index in [0.717, 1.165) is 0 Å². The number of nitrogens with one attached hydrogen (secondary N) is 1. The number of carbonyl (C=O) groups excluding carboxylic acids is 1. The lowest BCUT2D eigenvalue weighted by Crippen LogP contribution is -2.39. The fraction of sp³-hybridized carbons (Fsp3) is 0.846. The summed E-state index contributed by atoms with van der Waals surface area (Å²) < 4.78 is 0. The minimum absolute atomic E-state index is 0.141. The van der Waals surface area contributed by atoms with Gasteiger partial charge >= 0.3 is 5.97 Å². The lowest BCUT2D eigenvalue weighted by molar-refractivity contribution is -0.141. The Morgan fingerprint density at radius 2 is 1.82 bits per heavy atom. The second-order valence-corrected chi connectivity index (χ2v) is 5.21. The molecule has 0 heterocycles. The molecule has 0 bridgehead atoms. The smallest absolute Gasteiger partial charge is 0.325 e. The van der Waals surface area contributed by atoms with Gasteiger partial charge in [0.25, 0.3) is 0 Å². The minimum atomic E-state index is -0.983. The zero-order valence-corrected chi connectivity index (χ0v) is 10.7. The molecule has 1 amide bonds. The first-order valence-corrected chi connectivity index (χ1v) is 6.53. The average molecular weight is 241 g/mol. The third-order valence-corrected chi connectivity index (χ3v) is 3.71. The van der Waals surface area contributed by atoms with Crippen molar-refractivity contribution in [3.05, 3.63) is 0 Å². The Morgan fingerprint density at radius 1 is 1.24 bits per heavy atom. The van der Waals surface area contributed by atoms with Crippen molar-refractivity contribution in [3.63, 3.8) is 0 Å². The third-order valence-electron chi connectivity index (χ3n) is 3.71. The quantitative estimate of drug-likeness (QED) is 0.775. The molecule has 1 aliphatic rings. The number of hydrogen-bond donors (Lipinski definition) is 2. The van der Waals surface area contributed by atoms with E-state index in [9.17, 15) is 9.59 Å². The first-order chi connectivity index (χ1) is 8.00. The van der Waals surface area contributed by atoms with Gasteiger partial charge < -0.3 is 10.4 Å². The molecule has 1 saturated carbocycles. The third kappa shape index (κ3) is 4.75. The predicted molar refractivity (Wildman–Crippen MR) is 65.6 cm³/mol. The lowest BCUT2D eigenvalue weighted by Gasteiger charge is -2.27. The Hall–Kier alpha value is -1.06. The molecule has 0 aromatic rings. The van der Waals surface area contributed by atoms with Gasteiger partial charge in [-0.05, 0) is 18.8 Å². The van der Waals surface area contributed by atoms with Crippen molar-refractivity contribution in [1.82, 2.24) is 5.32 Å². The molecular weight excluding hydrogens is 218 g/mol. The van der Waals surface area contributed by atoms with Gasteiger partial charge in [0.1, 0.15) is 6.04 Å². The number of carbonyl (C=O) groups is 2. The molecule has 0 aromatic heterocycles. The molecule has 2 atom stereocenters. The highest BCUT2D eigenvalue weighted by Gasteiger charge is 2.23. The molecule has 2 N–H and O–H groups in total. The molecule has 1 fully saturated rings. The van der Waals surface area contributed by atoms with Gasteiger partial charge in [0.15, 0.2) is 0 Å². The number of rotatable bonds is 5. The van der Waals surface area contributed by atoms with E-state index in [-0.39, 0.29) is 5.91 Å². The molecule has 1 rings (SSSR count). The van der Waals surface area contributed by atoms with Crippen molar-refractivity contribution in [3.8, 4) is 0 Å². The van der Waals surface area contributed by atoms with Crippen molar-refractivity contribution in [2.45, 2.75) is 58.4 Å². The van der Waals surface area contributed by atoms with Crippen LogP contribution in [-0.2, 0) is 9.59 Å². The first kappa shape index (κ1) is 14.0. The lowest BCUT2D eigenvalue weighted by atomic mass is 9.79. The van der Waals surface area contributed by atoms with Gasteiger partial charge in [-0.3, -0.25) is 9.59 Å². The van der Waals surface area contributed by atoms with Crippen LogP contribution in [0.5, 0.6) is 0 Å². The molecule has 17 heavy (non-hydrogen) atoms. The molecule has 4 nitrogen and oxygen atoms in total. The molecule has 4 heteroatoms. The first-order valence-electron chi connectivity index (χ1n) is 6.53. The molecule has 0 spiro atoms. The Balaban J connectivity index is 2.31. The molecule has 1 aliphatic carbocycles. The van der Waals surface area contributed by atoms with Gasteiger partial charge in [-0.1, -0.05) is 39.0 Å². The highest BCUT2D eigenvalue weighted by molar-refractivity contribution is 5.83. The van der Waals surface area contributed by atoms with Crippen LogP contribution in [0.2, 0.25) is 0 Å². The normalized spacial score (nSPS) is 20.6. The van der Waals surface area contributed by atoms with Crippen molar-refractivity contribution in [1.29, 1.82) is 0 Å². The van der Waals surface area contributed by atoms with E-state index in [0.29, 0.717) is 18.3 Å². The van der Waals surface area contributed by atoms with Crippen molar-refractivity contribution in [2.75, 3.05) is 0 Å². The summed E-state index contributed by atoms with van der Waals surface area (Å²) >= 11 is 0. The van der Waals surface area contributed by atoms with Crippen LogP contribution in [0.3, 0.4) is 0 Å². The monoisotopic (exact) mass is 241 g/mol. The van der Waals surface area contributed by atoms with Crippen LogP contribution in [0.1, 0.15) is 52.4 Å². The molecule has 0 aliphatic heterocycles. The Kier molecular flexibility index (Phi) is 5.45. The standard InChI is InChI=1S/C13H23NO3/c1-9(11-6-4-3-5-7-11)8-12(15)14-10(2)13(16)17/h9-11H,3-8H2,1-2H3,(H,14,15)(H,16,17)/t9?,10-/m0/s1. The molecule has 98 valence electrons. The highest BCUT2D eigenvalue weighted by Crippen LogP contribution is 2.31. The van der Waals surface area contributed by atoms with E-state index in [2.05, 4.69) is 12.2 Å². The van der Waals surface area contributed by atoms with E-state index in [1.54, 1.807) is 0 Å². The van der Waals surface area contributed by atoms with Gasteiger partial charge in [0.2, 0.25) is 5.91 Å². The second-order valence-electron chi connectivity index (χ2n) is 5.21. The van der Waals surface area contributed by atoms with Crippen molar-refractivity contribution in [2.24, 2.45) is 11.8 Å². The molecule has 0 aromatic carbocycles. The zero-order valence-electron chi connectivity index (χ0n) is 10.7. The summed E-state index contributed by atoms with van der Waals surface area (Å²) in [5.41, 5.74) is 0. The van der Waals surface area contributed by atoms with Crippen LogP contribution in [0, 0.1) is 11.8 Å². The number of aliphatic carboxylic acids is 1. The summed E-state index contributed by atoms with van der Waals surface area (Å²) in [5.74, 6) is -0.132. The maximum absolute atomic E-state index is 11.6. The number of carboxylic acids is 1. The van der Waals surface area contributed by atoms with E-state index in [1.165, 1.54) is 39.0 Å². The maximum atomic E-state index is 11.6. The fourth-order valence-electron chi connectivity index (χ4n) is 2.52. The zero-order chi connectivity index (χ0) is 12.8. The van der Waals surface area contributed by atoms with Crippen LogP contribution >= 0.6 is 0 Å². The van der Waals surface area contributed by atoms with Crippen LogP contribution in [0.15, 0.2) is 0 Å². The SMILES string of the molecule is CC(CC(=O)N[C@@H](C)C(=O)O)C1CCCCC1. The maximum Gasteiger partial charge on any atom is 0.325 e. The fourth-order valence-corrected chi connectivity index (χ4v) is 2.52. The van der Waals surface area contributed by atoms with Gasteiger partial charge in [-0.25, -0.2) is 0 Å². The van der Waals surface area contributed by atoms with E-state index < -0.39 is 12.0 Å². The molecule has 0 saturated heterocycles. The van der Waals surface area contributed by atoms with Crippen LogP contribution in [0.25, 0.3) is 0 Å². The van der Waals surface area contributed by atoms with Gasteiger partial charge in [0.05, 0.1) is 0 Å². The Morgan fingerprint density at radius 3 is 2.35 bits per heavy atom. The Bertz CT molecular complexity index is 272. The van der Waals surface area contributed by atoms with E-state index in [1.807, 2.05) is 0 Å². The minimum Gasteiger partial charge on any atom is -0.480 e. The van der Waals surface area contributed by atoms with E-state index >= 15 is 0 Å². The van der Waals surface area contributed by atoms with Crippen LogP contribution < -0.4 is 5.32 Å². The number of carboxylic acid groups (broad SMARTS) is 1. The summed E-state index contributed by atoms with van der Waals surface area (Å²) in [5, 5.41) is 11.2. The summed E-state index contributed by atoms with van der Waals surface area (Å²) in [6.07, 6.45) is 6.71. The number of hydrogen-bond acceptors (Lipinski definition) is 2. The van der Waals surface area contributed by atoms with Crippen LogP contribution in [0.4, 0.5) is 0 Å². The number of amides is 1. The van der Waals surface area contributed by atoms with Crippen molar-refractivity contribution < 1.29 is 14.7 Å². The second kappa shape index (κ2) is 6.62. The summed E-state index contributed by atoms with van der Waals surface area (Å²) in [6, 6.07) is -0.791. The average Bonchev–Trinajstić information content (AvgIpc) is 2.29. The van der Waals surface area contributed by atoms with Gasteiger partial charge in [-0.15, -0.1) is 0 Å². The largest absolute Gasteiger partial charge is 0.480 e. The van der Waals surface area contributed by atoms with Gasteiger partial charge in [-0.2, -0.15) is 0 Å². The van der Waals surface area contributed by atoms with Crippen LogP contribution in [-0.4, -0.2) is 23.0 Å². The molecular formula is C13H23NO3. The molecule has 1 unspecified atom stereocenters. The van der Waals surface area contributed by atoms with E-state index in [4.69, 9.17) is 5.11 Å². The predicted octanol–water partition coefficient (Wildman–Crippen LogP) is 2.18.